The Bertz CT molecular complexity index is 476. The van der Waals surface area contributed by atoms with Gasteiger partial charge in [0.15, 0.2) is 0 Å². The highest BCUT2D eigenvalue weighted by Crippen LogP contribution is 2.27. The maximum atomic E-state index is 5.34. The van der Waals surface area contributed by atoms with E-state index >= 15 is 0 Å². The predicted molar refractivity (Wildman–Crippen MR) is 64.9 cm³/mol. The van der Waals surface area contributed by atoms with Crippen LogP contribution >= 0.6 is 0 Å². The van der Waals surface area contributed by atoms with E-state index in [-0.39, 0.29) is 0 Å². The second-order valence-electron chi connectivity index (χ2n) is 4.13. The molecular formula is C12H17N3O. The molecule has 0 radical (unpaired) electrons. The maximum Gasteiger partial charge on any atom is 0.146 e. The minimum absolute atomic E-state index is 0.840. The van der Waals surface area contributed by atoms with E-state index in [1.165, 1.54) is 5.56 Å². The molecule has 0 aliphatic rings. The first kappa shape index (κ1) is 11.0. The summed E-state index contributed by atoms with van der Waals surface area (Å²) in [6, 6.07) is 0. The Hall–Kier alpha value is -1.55. The van der Waals surface area contributed by atoms with Crippen molar-refractivity contribution in [3.63, 3.8) is 0 Å². The highest BCUT2D eigenvalue weighted by molar-refractivity contribution is 5.88. The zero-order chi connectivity index (χ0) is 11.5. The van der Waals surface area contributed by atoms with Crippen molar-refractivity contribution >= 4 is 10.9 Å². The second-order valence-corrected chi connectivity index (χ2v) is 4.13. The molecule has 0 aromatic carbocycles. The van der Waals surface area contributed by atoms with Crippen molar-refractivity contribution in [2.75, 3.05) is 27.7 Å². The number of rotatable bonds is 4. The fraction of sp³-hybridized carbons (Fsp3) is 0.417. The average Bonchev–Trinajstić information content (AvgIpc) is 2.69. The van der Waals surface area contributed by atoms with Crippen molar-refractivity contribution in [3.05, 3.63) is 24.2 Å². The molecule has 86 valence electrons. The van der Waals surface area contributed by atoms with Gasteiger partial charge < -0.3 is 14.6 Å². The lowest BCUT2D eigenvalue weighted by molar-refractivity contribution is 0.411. The first-order valence-electron chi connectivity index (χ1n) is 5.35. The number of nitrogens with one attached hydrogen (secondary N) is 1. The third-order valence-electron chi connectivity index (χ3n) is 2.68. The van der Waals surface area contributed by atoms with Crippen LogP contribution < -0.4 is 4.74 Å². The van der Waals surface area contributed by atoms with Crippen LogP contribution in [0.1, 0.15) is 5.56 Å². The number of aromatic nitrogens is 2. The molecule has 0 spiro atoms. The Morgan fingerprint density at radius 3 is 2.88 bits per heavy atom. The molecule has 0 unspecified atom stereocenters. The zero-order valence-electron chi connectivity index (χ0n) is 9.95. The summed E-state index contributed by atoms with van der Waals surface area (Å²) in [6.45, 7) is 1.03. The maximum absolute atomic E-state index is 5.34. The molecule has 4 nitrogen and oxygen atoms in total. The lowest BCUT2D eigenvalue weighted by Gasteiger charge is -2.09. The van der Waals surface area contributed by atoms with E-state index in [9.17, 15) is 0 Å². The fourth-order valence-corrected chi connectivity index (χ4v) is 1.82. The Morgan fingerprint density at radius 2 is 2.19 bits per heavy atom. The number of hydrogen-bond acceptors (Lipinski definition) is 3. The van der Waals surface area contributed by atoms with Gasteiger partial charge in [-0.1, -0.05) is 0 Å². The van der Waals surface area contributed by atoms with Gasteiger partial charge in [-0.2, -0.15) is 0 Å². The molecular weight excluding hydrogens is 202 g/mol. The topological polar surface area (TPSA) is 41.1 Å². The van der Waals surface area contributed by atoms with Gasteiger partial charge in [0.2, 0.25) is 0 Å². The number of hydrogen-bond donors (Lipinski definition) is 1. The number of nitrogens with zero attached hydrogens (tertiary/aromatic N) is 2. The van der Waals surface area contributed by atoms with E-state index < -0.39 is 0 Å². The number of likely N-dealkylation sites (N-methyl/N-ethyl adjacent to an activating group) is 1. The van der Waals surface area contributed by atoms with Gasteiger partial charge in [-0.05, 0) is 26.1 Å². The molecule has 2 heterocycles. The van der Waals surface area contributed by atoms with E-state index in [4.69, 9.17) is 4.74 Å². The van der Waals surface area contributed by atoms with Crippen LogP contribution in [0.5, 0.6) is 5.75 Å². The molecule has 0 fully saturated rings. The monoisotopic (exact) mass is 219 g/mol. The van der Waals surface area contributed by atoms with Gasteiger partial charge in [0.25, 0.3) is 0 Å². The van der Waals surface area contributed by atoms with Gasteiger partial charge in [0.05, 0.1) is 25.0 Å². The lowest BCUT2D eigenvalue weighted by Crippen LogP contribution is -2.14. The smallest absolute Gasteiger partial charge is 0.146 e. The SMILES string of the molecule is COc1cncc2[nH]cc(CCN(C)C)c12. The number of aromatic amines is 1. The largest absolute Gasteiger partial charge is 0.494 e. The summed E-state index contributed by atoms with van der Waals surface area (Å²) >= 11 is 0. The van der Waals surface area contributed by atoms with Crippen LogP contribution in [0.25, 0.3) is 10.9 Å². The van der Waals surface area contributed by atoms with Gasteiger partial charge in [-0.15, -0.1) is 0 Å². The van der Waals surface area contributed by atoms with Crippen molar-refractivity contribution in [2.24, 2.45) is 0 Å². The molecule has 0 saturated carbocycles. The summed E-state index contributed by atoms with van der Waals surface area (Å²) in [7, 11) is 5.83. The first-order valence-corrected chi connectivity index (χ1v) is 5.35. The van der Waals surface area contributed by atoms with Gasteiger partial charge >= 0.3 is 0 Å². The van der Waals surface area contributed by atoms with Crippen LogP contribution in [0.4, 0.5) is 0 Å². The lowest BCUT2D eigenvalue weighted by atomic mass is 10.1. The van der Waals surface area contributed by atoms with E-state index in [1.54, 1.807) is 13.3 Å². The Kier molecular flexibility index (Phi) is 3.10. The van der Waals surface area contributed by atoms with E-state index in [0.29, 0.717) is 0 Å². The molecule has 2 rings (SSSR count). The van der Waals surface area contributed by atoms with Crippen molar-refractivity contribution in [2.45, 2.75) is 6.42 Å². The molecule has 0 saturated heterocycles. The highest BCUT2D eigenvalue weighted by atomic mass is 16.5. The van der Waals surface area contributed by atoms with Crippen molar-refractivity contribution in [1.29, 1.82) is 0 Å². The van der Waals surface area contributed by atoms with Crippen LogP contribution in [0.15, 0.2) is 18.6 Å². The van der Waals surface area contributed by atoms with Crippen LogP contribution in [0.2, 0.25) is 0 Å². The van der Waals surface area contributed by atoms with Gasteiger partial charge in [0.1, 0.15) is 5.75 Å². The number of fused-ring (bicyclic) bond motifs is 1. The Balaban J connectivity index is 2.38. The second kappa shape index (κ2) is 4.53. The Labute approximate surface area is 95.2 Å². The number of pyridine rings is 1. The van der Waals surface area contributed by atoms with Crippen LogP contribution in [0.3, 0.4) is 0 Å². The minimum atomic E-state index is 0.840. The normalized spacial score (nSPS) is 11.2. The van der Waals surface area contributed by atoms with Crippen LogP contribution in [-0.2, 0) is 6.42 Å². The quantitative estimate of drug-likeness (QED) is 0.850. The average molecular weight is 219 g/mol. The van der Waals surface area contributed by atoms with Gasteiger partial charge in [0, 0.05) is 18.1 Å². The summed E-state index contributed by atoms with van der Waals surface area (Å²) in [5.41, 5.74) is 2.32. The number of ether oxygens (including phenoxy) is 1. The molecule has 16 heavy (non-hydrogen) atoms. The molecule has 4 heteroatoms. The summed E-state index contributed by atoms with van der Waals surface area (Å²) in [6.07, 6.45) is 6.64. The van der Waals surface area contributed by atoms with E-state index in [1.807, 2.05) is 12.4 Å². The van der Waals surface area contributed by atoms with Crippen molar-refractivity contribution in [1.82, 2.24) is 14.9 Å². The zero-order valence-corrected chi connectivity index (χ0v) is 9.95. The van der Waals surface area contributed by atoms with E-state index in [2.05, 4.69) is 29.0 Å². The highest BCUT2D eigenvalue weighted by Gasteiger charge is 2.09. The first-order chi connectivity index (χ1) is 7.72. The predicted octanol–water partition coefficient (Wildman–Crippen LogP) is 1.68. The molecule has 1 N–H and O–H groups in total. The molecule has 0 atom stereocenters. The van der Waals surface area contributed by atoms with Gasteiger partial charge in [-0.3, -0.25) is 4.98 Å². The number of methoxy groups -OCH3 is 1. The summed E-state index contributed by atoms with van der Waals surface area (Å²) in [4.78, 5) is 9.52. The summed E-state index contributed by atoms with van der Waals surface area (Å²) in [5, 5.41) is 1.15. The van der Waals surface area contributed by atoms with Gasteiger partial charge in [-0.25, -0.2) is 0 Å². The van der Waals surface area contributed by atoms with Crippen LogP contribution in [0, 0.1) is 0 Å². The third kappa shape index (κ3) is 2.02. The Morgan fingerprint density at radius 1 is 1.38 bits per heavy atom. The third-order valence-corrected chi connectivity index (χ3v) is 2.68. The minimum Gasteiger partial charge on any atom is -0.494 e. The molecule has 0 aliphatic carbocycles. The van der Waals surface area contributed by atoms with Crippen molar-refractivity contribution in [3.8, 4) is 5.75 Å². The summed E-state index contributed by atoms with van der Waals surface area (Å²) < 4.78 is 5.34. The van der Waals surface area contributed by atoms with Crippen LogP contribution in [-0.4, -0.2) is 42.6 Å². The molecule has 2 aromatic heterocycles. The fourth-order valence-electron chi connectivity index (χ4n) is 1.82. The molecule has 0 bridgehead atoms. The molecule has 0 amide bonds. The molecule has 0 aliphatic heterocycles. The number of H-pyrrole nitrogens is 1. The molecule has 2 aromatic rings. The summed E-state index contributed by atoms with van der Waals surface area (Å²) in [5.74, 6) is 0.840. The van der Waals surface area contributed by atoms with E-state index in [0.717, 1.165) is 29.6 Å². The van der Waals surface area contributed by atoms with Crippen molar-refractivity contribution < 1.29 is 4.74 Å². The standard InChI is InChI=1S/C12H17N3O/c1-15(2)5-4-9-6-14-10-7-13-8-11(16-3)12(9)10/h6-8,14H,4-5H2,1-3H3.